The Morgan fingerprint density at radius 3 is 2.71 bits per heavy atom. The Labute approximate surface area is 107 Å². The van der Waals surface area contributed by atoms with E-state index in [-0.39, 0.29) is 0 Å². The first-order valence-corrected chi connectivity index (χ1v) is 5.86. The summed E-state index contributed by atoms with van der Waals surface area (Å²) in [5.41, 5.74) is -0.958. The Morgan fingerprint density at radius 1 is 1.59 bits per heavy atom. The molecule has 1 heterocycles. The van der Waals surface area contributed by atoms with E-state index >= 15 is 0 Å². The second-order valence-corrected chi connectivity index (χ2v) is 4.54. The zero-order valence-corrected chi connectivity index (χ0v) is 11.1. The monoisotopic (exact) mass is 300 g/mol. The molecule has 6 heteroatoms. The number of halogens is 1. The molecule has 17 heavy (non-hydrogen) atoms. The number of carboxylic acid groups (broad SMARTS) is 1. The molecule has 0 radical (unpaired) electrons. The highest BCUT2D eigenvalue weighted by atomic mass is 79.9. The van der Waals surface area contributed by atoms with Gasteiger partial charge in [0, 0.05) is 6.20 Å². The van der Waals surface area contributed by atoms with Gasteiger partial charge < -0.3 is 10.4 Å². The third kappa shape index (κ3) is 3.03. The van der Waals surface area contributed by atoms with Crippen molar-refractivity contribution in [1.82, 2.24) is 10.3 Å². The fourth-order valence-corrected chi connectivity index (χ4v) is 1.60. The van der Waals surface area contributed by atoms with Gasteiger partial charge in [0.2, 0.25) is 0 Å². The van der Waals surface area contributed by atoms with E-state index in [1.165, 1.54) is 13.1 Å². The molecule has 1 amide bonds. The summed E-state index contributed by atoms with van der Waals surface area (Å²) in [6.45, 7) is 3.17. The highest BCUT2D eigenvalue weighted by Gasteiger charge is 2.33. The zero-order chi connectivity index (χ0) is 13.1. The average Bonchev–Trinajstić information content (AvgIpc) is 2.29. The summed E-state index contributed by atoms with van der Waals surface area (Å²) in [5, 5.41) is 11.5. The number of hydrogen-bond donors (Lipinski definition) is 2. The molecule has 0 bridgehead atoms. The van der Waals surface area contributed by atoms with Gasteiger partial charge in [-0.25, -0.2) is 9.78 Å². The third-order valence-electron chi connectivity index (χ3n) is 2.57. The highest BCUT2D eigenvalue weighted by Crippen LogP contribution is 2.15. The van der Waals surface area contributed by atoms with Crippen LogP contribution in [0.2, 0.25) is 0 Å². The highest BCUT2D eigenvalue weighted by molar-refractivity contribution is 9.10. The Morgan fingerprint density at radius 2 is 2.24 bits per heavy atom. The van der Waals surface area contributed by atoms with Crippen LogP contribution < -0.4 is 5.32 Å². The van der Waals surface area contributed by atoms with Gasteiger partial charge in [0.05, 0.1) is 5.56 Å². The third-order valence-corrected chi connectivity index (χ3v) is 3.20. The lowest BCUT2D eigenvalue weighted by molar-refractivity contribution is -0.143. The number of pyridine rings is 1. The molecule has 0 aliphatic rings. The molecule has 0 fully saturated rings. The molecule has 0 spiro atoms. The van der Waals surface area contributed by atoms with Gasteiger partial charge in [-0.2, -0.15) is 0 Å². The summed E-state index contributed by atoms with van der Waals surface area (Å²) in [5.74, 6) is -1.52. The van der Waals surface area contributed by atoms with Crippen LogP contribution >= 0.6 is 15.9 Å². The van der Waals surface area contributed by atoms with Gasteiger partial charge in [0.1, 0.15) is 10.1 Å². The van der Waals surface area contributed by atoms with E-state index in [0.717, 1.165) is 0 Å². The molecule has 0 aromatic carbocycles. The number of nitrogens with zero attached hydrogens (tertiary/aromatic N) is 1. The SMILES string of the molecule is CCC(C)(NC(=O)c1cccnc1Br)C(=O)O. The van der Waals surface area contributed by atoms with Crippen LogP contribution in [-0.4, -0.2) is 27.5 Å². The van der Waals surface area contributed by atoms with E-state index in [1.807, 2.05) is 0 Å². The summed E-state index contributed by atoms with van der Waals surface area (Å²) in [4.78, 5) is 26.9. The molecule has 0 aliphatic heterocycles. The molecule has 0 saturated heterocycles. The number of aromatic nitrogens is 1. The predicted octanol–water partition coefficient (Wildman–Crippen LogP) is 1.83. The number of hydrogen-bond acceptors (Lipinski definition) is 3. The van der Waals surface area contributed by atoms with Crippen LogP contribution in [0, 0.1) is 0 Å². The predicted molar refractivity (Wildman–Crippen MR) is 65.7 cm³/mol. The number of aliphatic carboxylic acids is 1. The van der Waals surface area contributed by atoms with E-state index in [2.05, 4.69) is 26.2 Å². The van der Waals surface area contributed by atoms with Gasteiger partial charge in [-0.05, 0) is 41.4 Å². The minimum Gasteiger partial charge on any atom is -0.480 e. The van der Waals surface area contributed by atoms with E-state index in [1.54, 1.807) is 19.1 Å². The van der Waals surface area contributed by atoms with Crippen molar-refractivity contribution in [1.29, 1.82) is 0 Å². The molecule has 0 saturated carbocycles. The van der Waals surface area contributed by atoms with Crippen LogP contribution in [0.1, 0.15) is 30.6 Å². The first-order chi connectivity index (χ1) is 7.90. The van der Waals surface area contributed by atoms with E-state index in [4.69, 9.17) is 5.11 Å². The van der Waals surface area contributed by atoms with E-state index in [0.29, 0.717) is 16.6 Å². The number of nitrogens with one attached hydrogen (secondary N) is 1. The summed E-state index contributed by atoms with van der Waals surface area (Å²) in [7, 11) is 0. The maximum atomic E-state index is 11.9. The molecular weight excluding hydrogens is 288 g/mol. The average molecular weight is 301 g/mol. The molecule has 0 aliphatic carbocycles. The zero-order valence-electron chi connectivity index (χ0n) is 9.53. The molecule has 1 aromatic rings. The molecule has 1 atom stereocenters. The Bertz CT molecular complexity index is 450. The number of carboxylic acids is 1. The lowest BCUT2D eigenvalue weighted by Gasteiger charge is -2.24. The first kappa shape index (κ1) is 13.6. The van der Waals surface area contributed by atoms with Crippen molar-refractivity contribution in [2.45, 2.75) is 25.8 Å². The van der Waals surface area contributed by atoms with Crippen molar-refractivity contribution >= 4 is 27.8 Å². The van der Waals surface area contributed by atoms with Crippen LogP contribution in [-0.2, 0) is 4.79 Å². The summed E-state index contributed by atoms with van der Waals surface area (Å²) in [6, 6.07) is 3.19. The van der Waals surface area contributed by atoms with E-state index in [9.17, 15) is 9.59 Å². The smallest absolute Gasteiger partial charge is 0.329 e. The van der Waals surface area contributed by atoms with Crippen molar-refractivity contribution in [3.8, 4) is 0 Å². The second kappa shape index (κ2) is 5.27. The molecule has 92 valence electrons. The maximum absolute atomic E-state index is 11.9. The Kier molecular flexibility index (Phi) is 4.22. The van der Waals surface area contributed by atoms with Gasteiger partial charge in [-0.3, -0.25) is 4.79 Å². The van der Waals surface area contributed by atoms with Gasteiger partial charge in [-0.15, -0.1) is 0 Å². The number of rotatable bonds is 4. The van der Waals surface area contributed by atoms with Crippen molar-refractivity contribution in [3.63, 3.8) is 0 Å². The Hall–Kier alpha value is -1.43. The molecule has 1 aromatic heterocycles. The first-order valence-electron chi connectivity index (χ1n) is 5.07. The van der Waals surface area contributed by atoms with Crippen LogP contribution in [0.15, 0.2) is 22.9 Å². The van der Waals surface area contributed by atoms with Crippen LogP contribution in [0.25, 0.3) is 0 Å². The quantitative estimate of drug-likeness (QED) is 0.832. The van der Waals surface area contributed by atoms with Gasteiger partial charge in [0.25, 0.3) is 5.91 Å². The summed E-state index contributed by atoms with van der Waals surface area (Å²) >= 11 is 3.14. The van der Waals surface area contributed by atoms with Gasteiger partial charge in [-0.1, -0.05) is 6.92 Å². The van der Waals surface area contributed by atoms with Crippen LogP contribution in [0.3, 0.4) is 0 Å². The Balaban J connectivity index is 2.93. The van der Waals surface area contributed by atoms with Crippen molar-refractivity contribution in [2.24, 2.45) is 0 Å². The van der Waals surface area contributed by atoms with Crippen molar-refractivity contribution in [2.75, 3.05) is 0 Å². The molecule has 1 unspecified atom stereocenters. The lowest BCUT2D eigenvalue weighted by atomic mass is 9.99. The standard InChI is InChI=1S/C11H13BrN2O3/c1-3-11(2,10(16)17)14-9(15)7-5-4-6-13-8(7)12/h4-6H,3H2,1-2H3,(H,14,15)(H,16,17). The lowest BCUT2D eigenvalue weighted by Crippen LogP contribution is -2.51. The van der Waals surface area contributed by atoms with Crippen molar-refractivity contribution < 1.29 is 14.7 Å². The van der Waals surface area contributed by atoms with Crippen molar-refractivity contribution in [3.05, 3.63) is 28.5 Å². The summed E-state index contributed by atoms with van der Waals surface area (Å²) < 4.78 is 0.390. The largest absolute Gasteiger partial charge is 0.480 e. The number of amides is 1. The second-order valence-electron chi connectivity index (χ2n) is 3.79. The minimum atomic E-state index is -1.27. The molecule has 1 rings (SSSR count). The molecular formula is C11H13BrN2O3. The van der Waals surface area contributed by atoms with Crippen LogP contribution in [0.4, 0.5) is 0 Å². The normalized spacial score (nSPS) is 13.8. The maximum Gasteiger partial charge on any atom is 0.329 e. The topological polar surface area (TPSA) is 79.3 Å². The van der Waals surface area contributed by atoms with E-state index < -0.39 is 17.4 Å². The minimum absolute atomic E-state index is 0.298. The van der Waals surface area contributed by atoms with Gasteiger partial charge >= 0.3 is 5.97 Å². The molecule has 2 N–H and O–H groups in total. The molecule has 5 nitrogen and oxygen atoms in total. The fourth-order valence-electron chi connectivity index (χ4n) is 1.17. The fraction of sp³-hybridized carbons (Fsp3) is 0.364. The van der Waals surface area contributed by atoms with Crippen LogP contribution in [0.5, 0.6) is 0 Å². The number of carbonyl (C=O) groups is 2. The van der Waals surface area contributed by atoms with Gasteiger partial charge in [0.15, 0.2) is 0 Å². The number of carbonyl (C=O) groups excluding carboxylic acids is 1. The summed E-state index contributed by atoms with van der Waals surface area (Å²) in [6.07, 6.45) is 1.84.